The molecule has 1 aromatic rings. The monoisotopic (exact) mass is 235 g/mol. The molecule has 0 saturated carbocycles. The Balaban J connectivity index is 2.00. The zero-order chi connectivity index (χ0) is 11.9. The lowest BCUT2D eigenvalue weighted by Gasteiger charge is -2.17. The lowest BCUT2D eigenvalue weighted by atomic mass is 10.0. The summed E-state index contributed by atoms with van der Waals surface area (Å²) >= 11 is 0. The van der Waals surface area contributed by atoms with Crippen molar-refractivity contribution in [3.05, 3.63) is 47.4 Å². The van der Waals surface area contributed by atoms with Gasteiger partial charge in [-0.25, -0.2) is 9.98 Å². The van der Waals surface area contributed by atoms with Crippen molar-refractivity contribution in [3.63, 3.8) is 0 Å². The molecule has 3 aliphatic heterocycles. The lowest BCUT2D eigenvalue weighted by molar-refractivity contribution is 0.895. The van der Waals surface area contributed by atoms with E-state index in [1.807, 2.05) is 18.2 Å². The second kappa shape index (κ2) is 3.46. The van der Waals surface area contributed by atoms with Crippen molar-refractivity contribution in [2.24, 2.45) is 15.0 Å². The van der Waals surface area contributed by atoms with Gasteiger partial charge in [0.25, 0.3) is 0 Å². The summed E-state index contributed by atoms with van der Waals surface area (Å²) in [6.45, 7) is 0. The Kier molecular flexibility index (Phi) is 1.82. The molecule has 1 aromatic heterocycles. The number of nitrogens with one attached hydrogen (secondary N) is 1. The van der Waals surface area contributed by atoms with Crippen molar-refractivity contribution in [1.29, 1.82) is 0 Å². The maximum atomic E-state index is 4.43. The Morgan fingerprint density at radius 3 is 3.28 bits per heavy atom. The summed E-state index contributed by atoms with van der Waals surface area (Å²) in [6, 6.07) is 1.95. The van der Waals surface area contributed by atoms with Crippen molar-refractivity contribution in [2.75, 3.05) is 5.32 Å². The molecule has 0 aromatic carbocycles. The van der Waals surface area contributed by atoms with Crippen LogP contribution in [-0.2, 0) is 0 Å². The van der Waals surface area contributed by atoms with Crippen LogP contribution in [0.4, 0.5) is 5.69 Å². The second-order valence-corrected chi connectivity index (χ2v) is 4.15. The zero-order valence-corrected chi connectivity index (χ0v) is 9.41. The average Bonchev–Trinajstić information content (AvgIpc) is 2.84. The van der Waals surface area contributed by atoms with Crippen molar-refractivity contribution < 1.29 is 0 Å². The molecular weight excluding hydrogens is 226 g/mol. The molecule has 0 amide bonds. The van der Waals surface area contributed by atoms with Crippen LogP contribution in [0.25, 0.3) is 0 Å². The first-order chi connectivity index (χ1) is 8.93. The molecule has 1 unspecified atom stereocenters. The van der Waals surface area contributed by atoms with E-state index in [0.29, 0.717) is 0 Å². The molecular formula is C13H9N5. The minimum absolute atomic E-state index is 0.115. The van der Waals surface area contributed by atoms with Gasteiger partial charge >= 0.3 is 0 Å². The summed E-state index contributed by atoms with van der Waals surface area (Å²) in [7, 11) is 0. The third-order valence-corrected chi connectivity index (χ3v) is 3.13. The molecule has 3 aliphatic rings. The third-order valence-electron chi connectivity index (χ3n) is 3.13. The first-order valence-corrected chi connectivity index (χ1v) is 5.69. The number of pyridine rings is 1. The fourth-order valence-electron chi connectivity index (χ4n) is 2.32. The number of hydrogen-bond donors (Lipinski definition) is 1. The van der Waals surface area contributed by atoms with Gasteiger partial charge in [-0.15, -0.1) is 0 Å². The molecule has 1 atom stereocenters. The normalized spacial score (nSPS) is 22.9. The van der Waals surface area contributed by atoms with E-state index >= 15 is 0 Å². The van der Waals surface area contributed by atoms with Crippen molar-refractivity contribution >= 4 is 24.0 Å². The van der Waals surface area contributed by atoms with E-state index in [9.17, 15) is 0 Å². The van der Waals surface area contributed by atoms with Crippen molar-refractivity contribution in [1.82, 2.24) is 4.98 Å². The lowest BCUT2D eigenvalue weighted by Crippen LogP contribution is -2.20. The van der Waals surface area contributed by atoms with Gasteiger partial charge in [0, 0.05) is 23.5 Å². The molecule has 0 radical (unpaired) electrons. The van der Waals surface area contributed by atoms with Gasteiger partial charge in [-0.05, 0) is 12.1 Å². The molecule has 0 spiro atoms. The Morgan fingerprint density at radius 1 is 1.28 bits per heavy atom. The van der Waals surface area contributed by atoms with Crippen LogP contribution in [0, 0.1) is 0 Å². The number of hydrogen-bond acceptors (Lipinski definition) is 5. The van der Waals surface area contributed by atoms with E-state index in [2.05, 4.69) is 25.3 Å². The number of allylic oxidation sites excluding steroid dienone is 2. The predicted octanol–water partition coefficient (Wildman–Crippen LogP) is 1.56. The largest absolute Gasteiger partial charge is 0.358 e. The fourth-order valence-corrected chi connectivity index (χ4v) is 2.32. The highest BCUT2D eigenvalue weighted by Gasteiger charge is 2.28. The highest BCUT2D eigenvalue weighted by Crippen LogP contribution is 2.31. The van der Waals surface area contributed by atoms with Crippen LogP contribution >= 0.6 is 0 Å². The molecule has 1 N–H and O–H groups in total. The Bertz CT molecular complexity index is 678. The van der Waals surface area contributed by atoms with Gasteiger partial charge < -0.3 is 5.32 Å². The average molecular weight is 235 g/mol. The van der Waals surface area contributed by atoms with E-state index in [0.717, 1.165) is 28.2 Å². The van der Waals surface area contributed by atoms with Gasteiger partial charge in [0.2, 0.25) is 0 Å². The molecule has 18 heavy (non-hydrogen) atoms. The standard InChI is InChI=1S/C13H9N5/c1-2-9-12-11(16-7-17-12)8-3-5-14-6-10(8)18-13(9)15-4-1/h1-7,13,18H. The van der Waals surface area contributed by atoms with Crippen LogP contribution in [-0.4, -0.2) is 29.4 Å². The summed E-state index contributed by atoms with van der Waals surface area (Å²) in [6.07, 6.45) is 10.8. The first-order valence-electron chi connectivity index (χ1n) is 5.69. The first kappa shape index (κ1) is 9.47. The van der Waals surface area contributed by atoms with Crippen LogP contribution < -0.4 is 5.32 Å². The predicted molar refractivity (Wildman–Crippen MR) is 71.3 cm³/mol. The number of anilines is 1. The van der Waals surface area contributed by atoms with E-state index in [-0.39, 0.29) is 6.17 Å². The number of dihydropyridines is 1. The summed E-state index contributed by atoms with van der Waals surface area (Å²) in [4.78, 5) is 17.3. The number of fused-ring (bicyclic) bond motifs is 4. The van der Waals surface area contributed by atoms with Crippen LogP contribution in [0.15, 0.2) is 56.9 Å². The SMILES string of the molecule is C1=CC2=C3N=CN=C3c3ccncc3NC2N=C1. The molecule has 86 valence electrons. The number of nitrogens with zero attached hydrogens (tertiary/aromatic N) is 4. The van der Waals surface area contributed by atoms with Gasteiger partial charge in [-0.3, -0.25) is 9.98 Å². The smallest absolute Gasteiger partial charge is 0.146 e. The van der Waals surface area contributed by atoms with Crippen molar-refractivity contribution in [2.45, 2.75) is 6.17 Å². The molecule has 0 bridgehead atoms. The quantitative estimate of drug-likeness (QED) is 0.741. The second-order valence-electron chi connectivity index (χ2n) is 4.15. The number of rotatable bonds is 0. The van der Waals surface area contributed by atoms with E-state index in [1.54, 1.807) is 24.9 Å². The highest BCUT2D eigenvalue weighted by molar-refractivity contribution is 6.21. The van der Waals surface area contributed by atoms with Crippen LogP contribution in [0.2, 0.25) is 0 Å². The van der Waals surface area contributed by atoms with Crippen molar-refractivity contribution in [3.8, 4) is 0 Å². The summed E-state index contributed by atoms with van der Waals surface area (Å²) in [5, 5.41) is 3.37. The van der Waals surface area contributed by atoms with Gasteiger partial charge in [0.15, 0.2) is 0 Å². The van der Waals surface area contributed by atoms with Gasteiger partial charge in [-0.1, -0.05) is 6.08 Å². The van der Waals surface area contributed by atoms with Crippen LogP contribution in [0.5, 0.6) is 0 Å². The molecule has 4 heterocycles. The van der Waals surface area contributed by atoms with E-state index in [1.165, 1.54) is 0 Å². The Labute approximate surface area is 103 Å². The minimum Gasteiger partial charge on any atom is -0.358 e. The summed E-state index contributed by atoms with van der Waals surface area (Å²) in [5.74, 6) is 0. The van der Waals surface area contributed by atoms with E-state index in [4.69, 9.17) is 0 Å². The van der Waals surface area contributed by atoms with Crippen LogP contribution in [0.1, 0.15) is 5.56 Å². The molecule has 5 heteroatoms. The van der Waals surface area contributed by atoms with Gasteiger partial charge in [0.05, 0.1) is 17.6 Å². The molecule has 0 aliphatic carbocycles. The number of aromatic nitrogens is 1. The third kappa shape index (κ3) is 1.21. The van der Waals surface area contributed by atoms with Gasteiger partial charge in [-0.2, -0.15) is 0 Å². The van der Waals surface area contributed by atoms with Gasteiger partial charge in [0.1, 0.15) is 18.2 Å². The topological polar surface area (TPSA) is 62.0 Å². The fraction of sp³-hybridized carbons (Fsp3) is 0.0769. The summed E-state index contributed by atoms with van der Waals surface area (Å²) in [5.41, 5.74) is 4.78. The van der Waals surface area contributed by atoms with Crippen LogP contribution in [0.3, 0.4) is 0 Å². The molecule has 0 saturated heterocycles. The summed E-state index contributed by atoms with van der Waals surface area (Å²) < 4.78 is 0. The zero-order valence-electron chi connectivity index (χ0n) is 9.41. The number of aliphatic imine (C=N–C) groups is 3. The Morgan fingerprint density at radius 2 is 2.28 bits per heavy atom. The molecule has 5 nitrogen and oxygen atoms in total. The Hall–Kier alpha value is -2.56. The minimum atomic E-state index is -0.115. The molecule has 0 fully saturated rings. The van der Waals surface area contributed by atoms with E-state index < -0.39 is 0 Å². The maximum Gasteiger partial charge on any atom is 0.146 e. The highest BCUT2D eigenvalue weighted by atomic mass is 15.1. The maximum absolute atomic E-state index is 4.43. The molecule has 4 rings (SSSR count).